The lowest BCUT2D eigenvalue weighted by molar-refractivity contribution is -0.0581. The fraction of sp³-hybridized carbons (Fsp3) is 0.857. The van der Waals surface area contributed by atoms with Crippen LogP contribution in [0.5, 0.6) is 0 Å². The smallest absolute Gasteiger partial charge is 0.00790 e. The van der Waals surface area contributed by atoms with Gasteiger partial charge in [0.05, 0.1) is 0 Å². The van der Waals surface area contributed by atoms with Crippen molar-refractivity contribution in [3.63, 3.8) is 0 Å². The summed E-state index contributed by atoms with van der Waals surface area (Å²) in [6.45, 7) is 17.0. The van der Waals surface area contributed by atoms with E-state index in [2.05, 4.69) is 47.3 Å². The highest BCUT2D eigenvalue weighted by Crippen LogP contribution is 2.67. The minimum Gasteiger partial charge on any atom is -0.0958 e. The second kappa shape index (κ2) is 7.63. The normalized spacial score (nSPS) is 43.9. The molecule has 4 aliphatic rings. The van der Waals surface area contributed by atoms with Crippen LogP contribution in [-0.4, -0.2) is 0 Å². The molecule has 0 aromatic rings. The van der Waals surface area contributed by atoms with E-state index < -0.39 is 0 Å². The molecule has 0 saturated heterocycles. The molecule has 0 nitrogen and oxygen atoms in total. The first-order valence-electron chi connectivity index (χ1n) is 12.6. The number of hydrogen-bond acceptors (Lipinski definition) is 0. The lowest BCUT2D eigenvalue weighted by atomic mass is 9.46. The summed E-state index contributed by atoms with van der Waals surface area (Å²) in [5.74, 6) is 5.74. The molecule has 0 heterocycles. The van der Waals surface area contributed by atoms with Crippen LogP contribution in [0.25, 0.3) is 0 Å². The Kier molecular flexibility index (Phi) is 5.65. The third kappa shape index (κ3) is 3.35. The summed E-state index contributed by atoms with van der Waals surface area (Å²) in [5, 5.41) is 0. The van der Waals surface area contributed by atoms with Crippen LogP contribution in [-0.2, 0) is 0 Å². The minimum atomic E-state index is 0.492. The Labute approximate surface area is 175 Å². The van der Waals surface area contributed by atoms with Gasteiger partial charge in [-0.3, -0.25) is 0 Å². The molecule has 4 rings (SSSR count). The quantitative estimate of drug-likeness (QED) is 0.446. The van der Waals surface area contributed by atoms with Crippen LogP contribution in [0.3, 0.4) is 0 Å². The Bertz CT molecular complexity index is 624. The zero-order chi connectivity index (χ0) is 20.1. The molecule has 0 heteroatoms. The monoisotopic (exact) mass is 382 g/mol. The van der Waals surface area contributed by atoms with E-state index in [-0.39, 0.29) is 0 Å². The lowest BCUT2D eigenvalue weighted by Gasteiger charge is -2.58. The van der Waals surface area contributed by atoms with Crippen LogP contribution in [0.2, 0.25) is 0 Å². The van der Waals surface area contributed by atoms with Crippen molar-refractivity contribution in [1.82, 2.24) is 0 Å². The van der Waals surface area contributed by atoms with E-state index in [1.165, 1.54) is 76.2 Å². The second-order valence-electron chi connectivity index (χ2n) is 12.2. The minimum absolute atomic E-state index is 0.492. The van der Waals surface area contributed by atoms with Gasteiger partial charge in [-0.05, 0) is 97.7 Å². The van der Waals surface area contributed by atoms with Gasteiger partial charge < -0.3 is 0 Å². The fourth-order valence-electron chi connectivity index (χ4n) is 8.67. The van der Waals surface area contributed by atoms with E-state index in [9.17, 15) is 0 Å². The van der Waals surface area contributed by atoms with Crippen LogP contribution >= 0.6 is 0 Å². The molecule has 0 aromatic carbocycles. The topological polar surface area (TPSA) is 0 Å². The van der Waals surface area contributed by atoms with Gasteiger partial charge in [0.25, 0.3) is 0 Å². The van der Waals surface area contributed by atoms with Crippen LogP contribution in [0.4, 0.5) is 0 Å². The van der Waals surface area contributed by atoms with E-state index in [0.29, 0.717) is 10.8 Å². The van der Waals surface area contributed by atoms with Crippen LogP contribution in [0, 0.1) is 46.3 Å². The lowest BCUT2D eigenvalue weighted by Crippen LogP contribution is -2.50. The average Bonchev–Trinajstić information content (AvgIpc) is 2.99. The van der Waals surface area contributed by atoms with Gasteiger partial charge in [0.15, 0.2) is 0 Å². The van der Waals surface area contributed by atoms with E-state index >= 15 is 0 Å². The van der Waals surface area contributed by atoms with Crippen molar-refractivity contribution in [2.24, 2.45) is 46.3 Å². The van der Waals surface area contributed by atoms with Crippen molar-refractivity contribution in [2.75, 3.05) is 0 Å². The Morgan fingerprint density at radius 2 is 1.75 bits per heavy atom. The van der Waals surface area contributed by atoms with Gasteiger partial charge in [-0.2, -0.15) is 0 Å². The van der Waals surface area contributed by atoms with Crippen molar-refractivity contribution in [3.8, 4) is 0 Å². The number of rotatable bonds is 5. The molecule has 7 atom stereocenters. The van der Waals surface area contributed by atoms with E-state index in [1.807, 2.05) is 0 Å². The highest BCUT2D eigenvalue weighted by molar-refractivity contribution is 5.33. The molecular formula is C28H46. The Hall–Kier alpha value is -0.520. The molecule has 4 aliphatic carbocycles. The van der Waals surface area contributed by atoms with Gasteiger partial charge in [-0.25, -0.2) is 0 Å². The van der Waals surface area contributed by atoms with Crippen molar-refractivity contribution in [3.05, 3.63) is 23.8 Å². The third-order valence-electron chi connectivity index (χ3n) is 10.3. The maximum absolute atomic E-state index is 4.29. The highest BCUT2D eigenvalue weighted by atomic mass is 14.6. The molecular weight excluding hydrogens is 336 g/mol. The van der Waals surface area contributed by atoms with Gasteiger partial charge in [-0.1, -0.05) is 77.7 Å². The number of allylic oxidation sites excluding steroid dienone is 3. The zero-order valence-electron chi connectivity index (χ0n) is 19.5. The maximum Gasteiger partial charge on any atom is -0.00790 e. The summed E-state index contributed by atoms with van der Waals surface area (Å²) in [4.78, 5) is 0. The standard InChI is InChI=1S/C28H46/c1-19(2)8-7-9-21(4)24-12-13-25-23-11-10-22-18-20(3)14-16-27(22,5)26(23)15-17-28(24,25)6/h18-19,21,23-26H,3,7-17H2,1-2,4-6H3/t21-,23+,24-,25+,26+,27+,28-/m1/s1. The molecule has 3 saturated carbocycles. The molecule has 0 amide bonds. The summed E-state index contributed by atoms with van der Waals surface area (Å²) in [5.41, 5.74) is 4.29. The first kappa shape index (κ1) is 20.7. The molecule has 158 valence electrons. The van der Waals surface area contributed by atoms with Crippen LogP contribution in [0.1, 0.15) is 105 Å². The van der Waals surface area contributed by atoms with Crippen molar-refractivity contribution < 1.29 is 0 Å². The van der Waals surface area contributed by atoms with Crippen LogP contribution < -0.4 is 0 Å². The second-order valence-corrected chi connectivity index (χ2v) is 12.2. The summed E-state index contributed by atoms with van der Waals surface area (Å²) in [6.07, 6.45) is 18.3. The molecule has 0 aromatic heterocycles. The largest absolute Gasteiger partial charge is 0.0958 e. The summed E-state index contributed by atoms with van der Waals surface area (Å²) < 4.78 is 0. The number of fused-ring (bicyclic) bond motifs is 5. The van der Waals surface area contributed by atoms with Gasteiger partial charge in [0, 0.05) is 0 Å². The third-order valence-corrected chi connectivity index (χ3v) is 10.3. The highest BCUT2D eigenvalue weighted by Gasteiger charge is 2.59. The van der Waals surface area contributed by atoms with Gasteiger partial charge in [-0.15, -0.1) is 0 Å². The molecule has 0 radical (unpaired) electrons. The van der Waals surface area contributed by atoms with E-state index in [1.54, 1.807) is 5.57 Å². The maximum atomic E-state index is 4.29. The number of hydrogen-bond donors (Lipinski definition) is 0. The molecule has 0 N–H and O–H groups in total. The predicted octanol–water partition coefficient (Wildman–Crippen LogP) is 8.58. The first-order chi connectivity index (χ1) is 13.3. The molecule has 0 unspecified atom stereocenters. The van der Waals surface area contributed by atoms with E-state index in [4.69, 9.17) is 0 Å². The van der Waals surface area contributed by atoms with Gasteiger partial charge in [0.1, 0.15) is 0 Å². The molecule has 0 spiro atoms. The van der Waals surface area contributed by atoms with Crippen molar-refractivity contribution in [2.45, 2.75) is 105 Å². The molecule has 0 bridgehead atoms. The average molecular weight is 383 g/mol. The zero-order valence-corrected chi connectivity index (χ0v) is 19.5. The van der Waals surface area contributed by atoms with Gasteiger partial charge >= 0.3 is 0 Å². The SMILES string of the molecule is C=C1C=C2CC[C@H]3[C@@H]4CC[C@H]([C@H](C)CCCC(C)C)[C@@]4(C)CC[C@@H]3[C@@]2(C)CC1. The summed E-state index contributed by atoms with van der Waals surface area (Å²) >= 11 is 0. The van der Waals surface area contributed by atoms with Crippen LogP contribution in [0.15, 0.2) is 23.8 Å². The fourth-order valence-corrected chi connectivity index (χ4v) is 8.67. The van der Waals surface area contributed by atoms with Crippen molar-refractivity contribution in [1.29, 1.82) is 0 Å². The molecule has 28 heavy (non-hydrogen) atoms. The van der Waals surface area contributed by atoms with Gasteiger partial charge in [0.2, 0.25) is 0 Å². The predicted molar refractivity (Wildman–Crippen MR) is 122 cm³/mol. The Balaban J connectivity index is 1.49. The summed E-state index contributed by atoms with van der Waals surface area (Å²) in [6, 6.07) is 0. The summed E-state index contributed by atoms with van der Waals surface area (Å²) in [7, 11) is 0. The first-order valence-corrected chi connectivity index (χ1v) is 12.6. The van der Waals surface area contributed by atoms with E-state index in [0.717, 1.165) is 35.5 Å². The Morgan fingerprint density at radius 1 is 0.964 bits per heavy atom. The molecule has 3 fully saturated rings. The Morgan fingerprint density at radius 3 is 2.50 bits per heavy atom. The molecule has 0 aliphatic heterocycles. The van der Waals surface area contributed by atoms with Crippen molar-refractivity contribution >= 4 is 0 Å².